The molecule has 0 aliphatic carbocycles. The van der Waals surface area contributed by atoms with Gasteiger partial charge in [-0.2, -0.15) is 12.6 Å². The third kappa shape index (κ3) is 6.04. The fraction of sp³-hybridized carbons (Fsp3) is 0.125. The van der Waals surface area contributed by atoms with E-state index in [9.17, 15) is 14.4 Å². The lowest BCUT2D eigenvalue weighted by Gasteiger charge is -2.14. The summed E-state index contributed by atoms with van der Waals surface area (Å²) in [5, 5.41) is 5.57. The fourth-order valence-electron chi connectivity index (χ4n) is 2.97. The standard InChI is InChI=1S/C24H23N3O3S/c25-20(15-31)24(30)26-18-11-12-21(27-22(28)13-16-7-3-1-4-8-16)19(14-18)23(29)17-9-5-2-6-10-17/h1-12,14,20,31H,13,15,25H2,(H,26,30)(H,27,28)/p+1/t20-/m0/s1. The lowest BCUT2D eigenvalue weighted by Crippen LogP contribution is -2.67. The summed E-state index contributed by atoms with van der Waals surface area (Å²) in [6.45, 7) is 0. The lowest BCUT2D eigenvalue weighted by molar-refractivity contribution is -0.395. The summed E-state index contributed by atoms with van der Waals surface area (Å²) in [4.78, 5) is 37.9. The van der Waals surface area contributed by atoms with Crippen molar-refractivity contribution in [2.24, 2.45) is 0 Å². The molecule has 3 aromatic rings. The number of rotatable bonds is 8. The van der Waals surface area contributed by atoms with Crippen LogP contribution in [-0.4, -0.2) is 29.4 Å². The van der Waals surface area contributed by atoms with E-state index >= 15 is 0 Å². The second-order valence-corrected chi connectivity index (χ2v) is 7.40. The Hall–Kier alpha value is -3.42. The summed E-state index contributed by atoms with van der Waals surface area (Å²) in [5.74, 6) is -0.492. The maximum absolute atomic E-state index is 13.1. The fourth-order valence-corrected chi connectivity index (χ4v) is 3.13. The zero-order chi connectivity index (χ0) is 22.2. The van der Waals surface area contributed by atoms with E-state index in [1.807, 2.05) is 36.4 Å². The minimum absolute atomic E-state index is 0.184. The van der Waals surface area contributed by atoms with Gasteiger partial charge >= 0.3 is 0 Å². The smallest absolute Gasteiger partial charge is 0.283 e. The van der Waals surface area contributed by atoms with Crippen molar-refractivity contribution in [2.75, 3.05) is 16.4 Å². The first-order valence-corrected chi connectivity index (χ1v) is 10.4. The summed E-state index contributed by atoms with van der Waals surface area (Å²) in [6, 6.07) is 22.4. The van der Waals surface area contributed by atoms with Crippen molar-refractivity contribution in [2.45, 2.75) is 12.5 Å². The molecule has 158 valence electrons. The Labute approximate surface area is 186 Å². The summed E-state index contributed by atoms with van der Waals surface area (Å²) in [6.07, 6.45) is 0.184. The molecule has 3 rings (SSSR count). The number of carbonyl (C=O) groups excluding carboxylic acids is 3. The summed E-state index contributed by atoms with van der Waals surface area (Å²) < 4.78 is 0. The molecule has 0 unspecified atom stereocenters. The van der Waals surface area contributed by atoms with Crippen LogP contribution in [-0.2, 0) is 16.0 Å². The molecule has 31 heavy (non-hydrogen) atoms. The highest BCUT2D eigenvalue weighted by Crippen LogP contribution is 2.24. The molecule has 0 aromatic heterocycles. The number of hydrogen-bond donors (Lipinski definition) is 4. The van der Waals surface area contributed by atoms with Crippen LogP contribution in [0.25, 0.3) is 0 Å². The quantitative estimate of drug-likeness (QED) is 0.324. The molecule has 7 heteroatoms. The second-order valence-electron chi connectivity index (χ2n) is 7.03. The second kappa shape index (κ2) is 10.6. The summed E-state index contributed by atoms with van der Waals surface area (Å²) in [5.41, 5.74) is 6.21. The summed E-state index contributed by atoms with van der Waals surface area (Å²) >= 11 is 4.09. The number of nitrogens with one attached hydrogen (secondary N) is 2. The van der Waals surface area contributed by atoms with Crippen molar-refractivity contribution in [1.82, 2.24) is 0 Å². The van der Waals surface area contributed by atoms with Crippen molar-refractivity contribution in [1.29, 1.82) is 0 Å². The van der Waals surface area contributed by atoms with E-state index in [2.05, 4.69) is 29.0 Å². The third-order valence-electron chi connectivity index (χ3n) is 4.64. The third-order valence-corrected chi connectivity index (χ3v) is 5.08. The average molecular weight is 435 g/mol. The number of carbonyl (C=O) groups is 3. The first-order chi connectivity index (χ1) is 15.0. The van der Waals surface area contributed by atoms with E-state index in [4.69, 9.17) is 0 Å². The number of anilines is 2. The lowest BCUT2D eigenvalue weighted by atomic mass is 10.0. The van der Waals surface area contributed by atoms with Gasteiger partial charge < -0.3 is 16.4 Å². The summed E-state index contributed by atoms with van der Waals surface area (Å²) in [7, 11) is 0. The van der Waals surface area contributed by atoms with E-state index in [1.165, 1.54) is 0 Å². The molecule has 6 nitrogen and oxygen atoms in total. The zero-order valence-electron chi connectivity index (χ0n) is 16.9. The van der Waals surface area contributed by atoms with Gasteiger partial charge in [0.1, 0.15) is 0 Å². The predicted octanol–water partition coefficient (Wildman–Crippen LogP) is 2.58. The van der Waals surface area contributed by atoms with Gasteiger partial charge in [-0.15, -0.1) is 0 Å². The van der Waals surface area contributed by atoms with E-state index in [0.29, 0.717) is 22.7 Å². The number of amides is 2. The largest absolute Gasteiger partial charge is 0.347 e. The van der Waals surface area contributed by atoms with Crippen LogP contribution in [0.15, 0.2) is 78.9 Å². The average Bonchev–Trinajstić information content (AvgIpc) is 2.80. The molecule has 0 bridgehead atoms. The van der Waals surface area contributed by atoms with Gasteiger partial charge in [0.2, 0.25) is 5.91 Å². The molecule has 5 N–H and O–H groups in total. The Morgan fingerprint density at radius 3 is 2.16 bits per heavy atom. The molecule has 0 saturated carbocycles. The van der Waals surface area contributed by atoms with Crippen molar-refractivity contribution in [3.05, 3.63) is 95.6 Å². The van der Waals surface area contributed by atoms with Crippen molar-refractivity contribution >= 4 is 41.6 Å². The first-order valence-electron chi connectivity index (χ1n) is 9.80. The van der Waals surface area contributed by atoms with Gasteiger partial charge in [0, 0.05) is 16.8 Å². The van der Waals surface area contributed by atoms with Crippen LogP contribution in [0.1, 0.15) is 21.5 Å². The number of ketones is 1. The van der Waals surface area contributed by atoms with Gasteiger partial charge in [-0.3, -0.25) is 14.4 Å². The molecule has 1 atom stereocenters. The van der Waals surface area contributed by atoms with Crippen LogP contribution < -0.4 is 16.4 Å². The monoisotopic (exact) mass is 434 g/mol. The van der Waals surface area contributed by atoms with Gasteiger partial charge in [0.15, 0.2) is 11.8 Å². The molecule has 0 saturated heterocycles. The molecule has 0 heterocycles. The van der Waals surface area contributed by atoms with Crippen LogP contribution in [0, 0.1) is 0 Å². The van der Waals surface area contributed by atoms with E-state index < -0.39 is 6.04 Å². The van der Waals surface area contributed by atoms with E-state index in [0.717, 1.165) is 5.56 Å². The number of hydrogen-bond acceptors (Lipinski definition) is 4. The van der Waals surface area contributed by atoms with E-state index in [-0.39, 0.29) is 29.6 Å². The molecule has 0 spiro atoms. The highest BCUT2D eigenvalue weighted by Gasteiger charge is 2.19. The zero-order valence-corrected chi connectivity index (χ0v) is 17.8. The van der Waals surface area contributed by atoms with Gasteiger partial charge in [-0.25, -0.2) is 0 Å². The van der Waals surface area contributed by atoms with Crippen molar-refractivity contribution in [3.63, 3.8) is 0 Å². The van der Waals surface area contributed by atoms with Gasteiger partial charge in [0.05, 0.1) is 17.9 Å². The maximum Gasteiger partial charge on any atom is 0.283 e. The molecule has 0 fully saturated rings. The number of thiol groups is 1. The maximum atomic E-state index is 13.1. The highest BCUT2D eigenvalue weighted by molar-refractivity contribution is 7.80. The highest BCUT2D eigenvalue weighted by atomic mass is 32.1. The molecule has 0 aliphatic heterocycles. The first kappa shape index (κ1) is 22.3. The molecule has 0 aliphatic rings. The minimum atomic E-state index is -0.526. The van der Waals surface area contributed by atoms with Crippen LogP contribution in [0.3, 0.4) is 0 Å². The van der Waals surface area contributed by atoms with Crippen molar-refractivity contribution < 1.29 is 20.1 Å². The Balaban J connectivity index is 1.89. The number of benzene rings is 3. The van der Waals surface area contributed by atoms with Gasteiger partial charge in [-0.1, -0.05) is 60.7 Å². The van der Waals surface area contributed by atoms with Crippen LogP contribution in [0.2, 0.25) is 0 Å². The van der Waals surface area contributed by atoms with Crippen LogP contribution >= 0.6 is 12.6 Å². The SMILES string of the molecule is [NH3+][C@@H](CS)C(=O)Nc1ccc(NC(=O)Cc2ccccc2)c(C(=O)c2ccccc2)c1. The molecular formula is C24H24N3O3S+. The van der Waals surface area contributed by atoms with Crippen LogP contribution in [0.5, 0.6) is 0 Å². The van der Waals surface area contributed by atoms with E-state index in [1.54, 1.807) is 42.5 Å². The van der Waals surface area contributed by atoms with Crippen molar-refractivity contribution in [3.8, 4) is 0 Å². The Morgan fingerprint density at radius 2 is 1.52 bits per heavy atom. The Kier molecular flexibility index (Phi) is 7.59. The topological polar surface area (TPSA) is 103 Å². The molecular weight excluding hydrogens is 410 g/mol. The Morgan fingerprint density at radius 1 is 0.871 bits per heavy atom. The molecule has 2 amide bonds. The normalized spacial score (nSPS) is 11.4. The molecule has 0 radical (unpaired) electrons. The Bertz CT molecular complexity index is 1070. The molecule has 3 aromatic carbocycles. The predicted molar refractivity (Wildman–Crippen MR) is 124 cm³/mol. The van der Waals surface area contributed by atoms with Gasteiger partial charge in [0.25, 0.3) is 5.91 Å². The number of quaternary nitrogens is 1. The van der Waals surface area contributed by atoms with Crippen LogP contribution in [0.4, 0.5) is 11.4 Å². The van der Waals surface area contributed by atoms with Gasteiger partial charge in [-0.05, 0) is 23.8 Å². The minimum Gasteiger partial charge on any atom is -0.347 e.